The second-order valence-corrected chi connectivity index (χ2v) is 8.88. The minimum Gasteiger partial charge on any atom is -0.379 e. The number of para-hydroxylation sites is 1. The number of aromatic nitrogens is 5. The van der Waals surface area contributed by atoms with Crippen molar-refractivity contribution in [1.29, 1.82) is 0 Å². The van der Waals surface area contributed by atoms with Crippen LogP contribution in [-0.2, 0) is 11.3 Å². The first-order valence-electron chi connectivity index (χ1n) is 11.7. The average Bonchev–Trinajstić information content (AvgIpc) is 3.21. The molecule has 4 heterocycles. The zero-order valence-corrected chi connectivity index (χ0v) is 19.0. The molecule has 7 nitrogen and oxygen atoms in total. The molecule has 6 rings (SSSR count). The fourth-order valence-electron chi connectivity index (χ4n) is 4.74. The van der Waals surface area contributed by atoms with Crippen LogP contribution in [0.3, 0.4) is 0 Å². The highest BCUT2D eigenvalue weighted by Crippen LogP contribution is 2.28. The topological polar surface area (TPSA) is 74.8 Å². The Balaban J connectivity index is 1.40. The van der Waals surface area contributed by atoms with Crippen molar-refractivity contribution in [3.05, 3.63) is 88.5 Å². The van der Waals surface area contributed by atoms with Crippen molar-refractivity contribution in [2.45, 2.75) is 32.4 Å². The van der Waals surface area contributed by atoms with Crippen LogP contribution < -0.4 is 5.56 Å². The van der Waals surface area contributed by atoms with Crippen molar-refractivity contribution >= 4 is 10.9 Å². The van der Waals surface area contributed by atoms with Crippen molar-refractivity contribution in [1.82, 2.24) is 24.5 Å². The summed E-state index contributed by atoms with van der Waals surface area (Å²) >= 11 is 0. The fourth-order valence-corrected chi connectivity index (χ4v) is 4.74. The SMILES string of the molecule is Cc1cc(-c2ccc(Cn3nc4c(=O)n(C5CCCOC5)nc-4c4ccccc43)cc2)ccn1. The first-order chi connectivity index (χ1) is 16.7. The minimum atomic E-state index is -0.145. The molecule has 7 heteroatoms. The smallest absolute Gasteiger partial charge is 0.297 e. The number of benzene rings is 2. The van der Waals surface area contributed by atoms with Crippen LogP contribution in [0.15, 0.2) is 71.7 Å². The minimum absolute atomic E-state index is 0.0352. The summed E-state index contributed by atoms with van der Waals surface area (Å²) in [5, 5.41) is 10.4. The lowest BCUT2D eigenvalue weighted by molar-refractivity contribution is 0.0540. The van der Waals surface area contributed by atoms with Gasteiger partial charge in [0, 0.05) is 23.9 Å². The van der Waals surface area contributed by atoms with Crippen LogP contribution in [0.4, 0.5) is 0 Å². The molecule has 1 saturated heterocycles. The second-order valence-electron chi connectivity index (χ2n) is 8.88. The molecule has 0 amide bonds. The summed E-state index contributed by atoms with van der Waals surface area (Å²) in [6.07, 6.45) is 3.66. The van der Waals surface area contributed by atoms with Gasteiger partial charge in [-0.2, -0.15) is 10.2 Å². The van der Waals surface area contributed by atoms with E-state index in [0.29, 0.717) is 24.5 Å². The molecule has 170 valence electrons. The molecule has 1 atom stereocenters. The summed E-state index contributed by atoms with van der Waals surface area (Å²) in [4.78, 5) is 17.5. The van der Waals surface area contributed by atoms with Gasteiger partial charge in [-0.15, -0.1) is 0 Å². The van der Waals surface area contributed by atoms with Gasteiger partial charge in [-0.25, -0.2) is 4.68 Å². The highest BCUT2D eigenvalue weighted by molar-refractivity contribution is 5.92. The molecule has 3 aliphatic rings. The highest BCUT2D eigenvalue weighted by atomic mass is 16.5. The van der Waals surface area contributed by atoms with Crippen LogP contribution in [0.5, 0.6) is 0 Å². The Morgan fingerprint density at radius 3 is 2.65 bits per heavy atom. The van der Waals surface area contributed by atoms with Gasteiger partial charge in [0.1, 0.15) is 5.69 Å². The van der Waals surface area contributed by atoms with E-state index in [2.05, 4.69) is 35.3 Å². The summed E-state index contributed by atoms with van der Waals surface area (Å²) in [6, 6.07) is 20.5. The van der Waals surface area contributed by atoms with Crippen molar-refractivity contribution in [2.24, 2.45) is 0 Å². The molecule has 2 aromatic carbocycles. The van der Waals surface area contributed by atoms with Crippen LogP contribution in [0.1, 0.15) is 30.1 Å². The first kappa shape index (κ1) is 20.7. The largest absolute Gasteiger partial charge is 0.379 e. The third-order valence-corrected chi connectivity index (χ3v) is 6.50. The Kier molecular flexibility index (Phi) is 5.19. The lowest BCUT2D eigenvalue weighted by atomic mass is 10.0. The van der Waals surface area contributed by atoms with Gasteiger partial charge < -0.3 is 4.74 Å². The molecule has 1 fully saturated rings. The summed E-state index contributed by atoms with van der Waals surface area (Å²) in [6.45, 7) is 3.81. The van der Waals surface area contributed by atoms with E-state index in [1.54, 1.807) is 4.68 Å². The lowest BCUT2D eigenvalue weighted by Gasteiger charge is -2.21. The highest BCUT2D eigenvalue weighted by Gasteiger charge is 2.26. The quantitative estimate of drug-likeness (QED) is 0.403. The van der Waals surface area contributed by atoms with Gasteiger partial charge in [-0.1, -0.05) is 42.5 Å². The number of rotatable bonds is 4. The summed E-state index contributed by atoms with van der Waals surface area (Å²) in [5.41, 5.74) is 6.27. The van der Waals surface area contributed by atoms with E-state index < -0.39 is 0 Å². The Morgan fingerprint density at radius 1 is 1.00 bits per heavy atom. The number of pyridine rings is 1. The third-order valence-electron chi connectivity index (χ3n) is 6.50. The number of hydrogen-bond donors (Lipinski definition) is 0. The number of ether oxygens (including phenoxy) is 1. The molecule has 0 spiro atoms. The summed E-state index contributed by atoms with van der Waals surface area (Å²) in [5.74, 6) is 0. The summed E-state index contributed by atoms with van der Waals surface area (Å²) in [7, 11) is 0. The second kappa shape index (κ2) is 8.50. The van der Waals surface area contributed by atoms with Crippen molar-refractivity contribution in [3.8, 4) is 22.5 Å². The standard InChI is InChI=1S/C27H25N5O2/c1-18-15-21(12-13-28-18)20-10-8-19(9-11-20)16-31-24-7-3-2-6-23(24)25-26(29-31)27(33)32(30-25)22-5-4-14-34-17-22/h2-3,6-13,15,22H,4-5,14,16-17H2,1H3. The van der Waals surface area contributed by atoms with Crippen molar-refractivity contribution < 1.29 is 4.74 Å². The molecule has 0 bridgehead atoms. The van der Waals surface area contributed by atoms with Crippen LogP contribution in [-0.4, -0.2) is 37.8 Å². The van der Waals surface area contributed by atoms with Crippen molar-refractivity contribution in [3.63, 3.8) is 0 Å². The Labute approximate surface area is 197 Å². The van der Waals surface area contributed by atoms with Crippen molar-refractivity contribution in [2.75, 3.05) is 13.2 Å². The average molecular weight is 452 g/mol. The first-order valence-corrected chi connectivity index (χ1v) is 11.7. The predicted molar refractivity (Wildman–Crippen MR) is 131 cm³/mol. The van der Waals surface area contributed by atoms with E-state index in [9.17, 15) is 4.79 Å². The molecule has 0 N–H and O–H groups in total. The monoisotopic (exact) mass is 451 g/mol. The third kappa shape index (κ3) is 3.68. The number of aryl methyl sites for hydroxylation is 1. The van der Waals surface area contributed by atoms with E-state index in [0.717, 1.165) is 52.7 Å². The zero-order valence-electron chi connectivity index (χ0n) is 19.0. The van der Waals surface area contributed by atoms with Gasteiger partial charge in [-0.05, 0) is 54.7 Å². The molecular formula is C27H25N5O2. The normalized spacial score (nSPS) is 16.3. The maximum Gasteiger partial charge on any atom is 0.297 e. The van der Waals surface area contributed by atoms with Crippen LogP contribution in [0, 0.1) is 6.92 Å². The molecule has 0 saturated carbocycles. The van der Waals surface area contributed by atoms with Crippen LogP contribution in [0.25, 0.3) is 33.4 Å². The Hall–Kier alpha value is -3.84. The molecule has 3 aliphatic heterocycles. The molecule has 1 aromatic heterocycles. The van der Waals surface area contributed by atoms with Gasteiger partial charge in [0.25, 0.3) is 5.56 Å². The van der Waals surface area contributed by atoms with E-state index in [1.807, 2.05) is 48.1 Å². The zero-order chi connectivity index (χ0) is 23.1. The van der Waals surface area contributed by atoms with E-state index in [1.165, 1.54) is 0 Å². The number of nitrogens with zero attached hydrogens (tertiary/aromatic N) is 5. The van der Waals surface area contributed by atoms with Gasteiger partial charge in [-0.3, -0.25) is 14.5 Å². The Bertz CT molecular complexity index is 1500. The summed E-state index contributed by atoms with van der Waals surface area (Å²) < 4.78 is 9.09. The molecular weight excluding hydrogens is 426 g/mol. The number of fused-ring (bicyclic) bond motifs is 3. The lowest BCUT2D eigenvalue weighted by Crippen LogP contribution is -2.29. The van der Waals surface area contributed by atoms with Gasteiger partial charge in [0.15, 0.2) is 5.69 Å². The molecule has 0 aliphatic carbocycles. The maximum absolute atomic E-state index is 13.3. The Morgan fingerprint density at radius 2 is 1.85 bits per heavy atom. The maximum atomic E-state index is 13.3. The number of hydrogen-bond acceptors (Lipinski definition) is 5. The molecule has 34 heavy (non-hydrogen) atoms. The van der Waals surface area contributed by atoms with E-state index >= 15 is 0 Å². The van der Waals surface area contributed by atoms with Gasteiger partial charge in [0.2, 0.25) is 0 Å². The fraction of sp³-hybridized carbons (Fsp3) is 0.259. The van der Waals surface area contributed by atoms with Crippen LogP contribution in [0.2, 0.25) is 0 Å². The van der Waals surface area contributed by atoms with E-state index in [-0.39, 0.29) is 11.6 Å². The predicted octanol–water partition coefficient (Wildman–Crippen LogP) is 4.47. The van der Waals surface area contributed by atoms with Gasteiger partial charge in [0.05, 0.1) is 24.7 Å². The van der Waals surface area contributed by atoms with Crippen LogP contribution >= 0.6 is 0 Å². The molecule has 1 unspecified atom stereocenters. The van der Waals surface area contributed by atoms with E-state index in [4.69, 9.17) is 14.9 Å². The molecule has 3 aromatic rings. The van der Waals surface area contributed by atoms with Gasteiger partial charge >= 0.3 is 0 Å². The molecule has 0 radical (unpaired) electrons.